The van der Waals surface area contributed by atoms with Crippen molar-refractivity contribution in [3.8, 4) is 45.0 Å². The summed E-state index contributed by atoms with van der Waals surface area (Å²) in [5, 5.41) is 45.5. The van der Waals surface area contributed by atoms with E-state index in [0.29, 0.717) is 62.0 Å². The van der Waals surface area contributed by atoms with E-state index in [9.17, 15) is 48.3 Å². The average Bonchev–Trinajstić information content (AvgIpc) is 1.10. The second-order valence-corrected chi connectivity index (χ2v) is 26.7. The number of hydrogen-bond donors (Lipinski definition) is 8. The lowest BCUT2D eigenvalue weighted by molar-refractivity contribution is -0.137. The van der Waals surface area contributed by atoms with Gasteiger partial charge in [0, 0.05) is 73.0 Å². The van der Waals surface area contributed by atoms with Crippen LogP contribution in [0.15, 0.2) is 298 Å². The van der Waals surface area contributed by atoms with Crippen LogP contribution in [-0.2, 0) is 18.5 Å². The summed E-state index contributed by atoms with van der Waals surface area (Å²) in [6, 6.07) is 79.5. The van der Waals surface area contributed by atoms with Crippen molar-refractivity contribution in [3.63, 3.8) is 0 Å². The molecule has 20 rings (SSSR count). The number of anilines is 8. The van der Waals surface area contributed by atoms with Crippen LogP contribution < -0.4 is 21.3 Å². The smallest absolute Gasteiger partial charge is 0.338 e. The van der Waals surface area contributed by atoms with Crippen molar-refractivity contribution < 1.29 is 48.3 Å². The molecule has 18 nitrogen and oxygen atoms in total. The molecule has 0 aliphatic heterocycles. The maximum Gasteiger partial charge on any atom is 0.417 e. The molecule has 580 valence electrons. The molecule has 10 aromatic carbocycles. The van der Waals surface area contributed by atoms with Gasteiger partial charge in [-0.2, -0.15) is 59.9 Å². The van der Waals surface area contributed by atoms with E-state index in [1.807, 2.05) is 109 Å². The first-order chi connectivity index (χ1) is 57.2. The molecule has 10 aromatic heterocycles. The van der Waals surface area contributed by atoms with E-state index in [4.69, 9.17) is 4.98 Å². The van der Waals surface area contributed by atoms with E-state index < -0.39 is 46.9 Å². The number of benzene rings is 10. The molecule has 0 spiro atoms. The number of halogens is 11. The van der Waals surface area contributed by atoms with E-state index in [1.54, 1.807) is 85.2 Å². The molecule has 0 aliphatic carbocycles. The van der Waals surface area contributed by atoms with Gasteiger partial charge in [0.2, 0.25) is 0 Å². The van der Waals surface area contributed by atoms with Crippen LogP contribution in [0.1, 0.15) is 16.7 Å². The Balaban J connectivity index is 0.000000113. The van der Waals surface area contributed by atoms with Crippen LogP contribution in [0.5, 0.6) is 0 Å². The van der Waals surface area contributed by atoms with Crippen LogP contribution in [0.3, 0.4) is 0 Å². The number of alkyl halides is 9. The SMILES string of the molecule is FC(F)(F)c1ccccc1-c1cc(Nc2n[nH]c3ccccc23)c2ccccc2n1.FC(F)(F)c1ccccc1-c1cc(Nc2n[nH]c3cccnc23)c2ccccc2n1.Fc1cc(F)c2[nH]nc(Nc3cc(-c4ccccc4C(F)(F)F)nc4ccccc34)c2c1.c1ccc(-c2cc(Nc3n[nH]c4cccnc34)c3ccccc3n2)cc1. The van der Waals surface area contributed by atoms with Crippen LogP contribution in [0.25, 0.3) is 133 Å². The highest BCUT2D eigenvalue weighted by atomic mass is 19.4. The minimum Gasteiger partial charge on any atom is -0.338 e. The van der Waals surface area contributed by atoms with Crippen molar-refractivity contribution >= 4 is 134 Å². The molecule has 29 heteroatoms. The Hall–Kier alpha value is -15.6. The molecule has 0 fully saturated rings. The highest BCUT2D eigenvalue weighted by molar-refractivity contribution is 6.03. The minimum atomic E-state index is -4.56. The van der Waals surface area contributed by atoms with Crippen LogP contribution in [0.2, 0.25) is 0 Å². The number of rotatable bonds is 12. The predicted octanol–water partition coefficient (Wildman–Crippen LogP) is 24.2. The van der Waals surface area contributed by atoms with Gasteiger partial charge in [0.1, 0.15) is 22.4 Å². The number of aromatic amines is 4. The molecule has 118 heavy (non-hydrogen) atoms. The topological polar surface area (TPSA) is 240 Å². The maximum absolute atomic E-state index is 14.0. The summed E-state index contributed by atoms with van der Waals surface area (Å²) in [5.74, 6) is 0.327. The fraction of sp³-hybridized carbons (Fsp3) is 0.0337. The molecule has 20 aromatic rings. The van der Waals surface area contributed by atoms with Crippen LogP contribution >= 0.6 is 0 Å². The van der Waals surface area contributed by atoms with Gasteiger partial charge in [-0.3, -0.25) is 30.4 Å². The number of fused-ring (bicyclic) bond motifs is 8. The number of hydrogen-bond acceptors (Lipinski definition) is 14. The zero-order valence-electron chi connectivity index (χ0n) is 60.9. The minimum absolute atomic E-state index is 0.00917. The first-order valence-electron chi connectivity index (χ1n) is 36.3. The fourth-order valence-corrected chi connectivity index (χ4v) is 13.7. The number of nitrogens with zero attached hydrogens (tertiary/aromatic N) is 10. The zero-order valence-corrected chi connectivity index (χ0v) is 60.9. The van der Waals surface area contributed by atoms with Crippen molar-refractivity contribution in [3.05, 3.63) is 326 Å². The molecule has 10 heterocycles. The van der Waals surface area contributed by atoms with Gasteiger partial charge in [0.25, 0.3) is 0 Å². The lowest BCUT2D eigenvalue weighted by atomic mass is 10.0. The first kappa shape index (κ1) is 75.2. The Kier molecular flexibility index (Phi) is 20.0. The summed E-state index contributed by atoms with van der Waals surface area (Å²) in [6.45, 7) is 0. The average molecular weight is 1590 g/mol. The highest BCUT2D eigenvalue weighted by Crippen LogP contribution is 2.44. The normalized spacial score (nSPS) is 11.7. The fourth-order valence-electron chi connectivity index (χ4n) is 13.7. The molecule has 0 amide bonds. The molecular formula is C89H57F11N18. The summed E-state index contributed by atoms with van der Waals surface area (Å²) in [7, 11) is 0. The largest absolute Gasteiger partial charge is 0.417 e. The van der Waals surface area contributed by atoms with Gasteiger partial charge >= 0.3 is 18.5 Å². The number of pyridine rings is 6. The third-order valence-electron chi connectivity index (χ3n) is 19.2. The summed E-state index contributed by atoms with van der Waals surface area (Å²) < 4.78 is 150. The highest BCUT2D eigenvalue weighted by Gasteiger charge is 2.37. The van der Waals surface area contributed by atoms with Crippen molar-refractivity contribution in [1.82, 2.24) is 70.7 Å². The van der Waals surface area contributed by atoms with Gasteiger partial charge < -0.3 is 21.3 Å². The van der Waals surface area contributed by atoms with Gasteiger partial charge in [0.05, 0.1) is 101 Å². The zero-order chi connectivity index (χ0) is 81.2. The predicted molar refractivity (Wildman–Crippen MR) is 437 cm³/mol. The van der Waals surface area contributed by atoms with Crippen molar-refractivity contribution in [2.75, 3.05) is 21.3 Å². The number of para-hydroxylation sites is 5. The Morgan fingerprint density at radius 3 is 1.03 bits per heavy atom. The number of H-pyrrole nitrogens is 4. The summed E-state index contributed by atoms with van der Waals surface area (Å²) in [4.78, 5) is 27.0. The second kappa shape index (κ2) is 31.4. The Bertz CT molecular complexity index is 6910. The van der Waals surface area contributed by atoms with Crippen molar-refractivity contribution in [1.29, 1.82) is 0 Å². The van der Waals surface area contributed by atoms with Crippen LogP contribution in [-0.4, -0.2) is 70.7 Å². The molecule has 0 bridgehead atoms. The lowest BCUT2D eigenvalue weighted by Gasteiger charge is -2.15. The Labute approximate surface area is 660 Å². The molecular weight excluding hydrogens is 1530 g/mol. The molecule has 0 saturated heterocycles. The molecule has 0 unspecified atom stereocenters. The van der Waals surface area contributed by atoms with Crippen LogP contribution in [0.4, 0.5) is 94.3 Å². The molecule has 8 N–H and O–H groups in total. The molecule has 0 saturated carbocycles. The quantitative estimate of drug-likeness (QED) is 0.0531. The van der Waals surface area contributed by atoms with Gasteiger partial charge in [-0.15, -0.1) is 0 Å². The van der Waals surface area contributed by atoms with E-state index >= 15 is 0 Å². The van der Waals surface area contributed by atoms with E-state index in [1.165, 1.54) is 48.5 Å². The molecule has 0 aliphatic rings. The Morgan fingerprint density at radius 1 is 0.271 bits per heavy atom. The number of nitrogens with one attached hydrogen (secondary N) is 8. The molecule has 0 atom stereocenters. The first-order valence-corrected chi connectivity index (χ1v) is 36.3. The summed E-state index contributed by atoms with van der Waals surface area (Å²) in [6.07, 6.45) is -10.1. The van der Waals surface area contributed by atoms with Crippen molar-refractivity contribution in [2.45, 2.75) is 18.5 Å². The maximum atomic E-state index is 14.0. The lowest BCUT2D eigenvalue weighted by Crippen LogP contribution is -2.07. The van der Waals surface area contributed by atoms with E-state index in [2.05, 4.69) is 111 Å². The van der Waals surface area contributed by atoms with Crippen molar-refractivity contribution in [2.24, 2.45) is 0 Å². The van der Waals surface area contributed by atoms with Gasteiger partial charge in [0.15, 0.2) is 29.1 Å². The van der Waals surface area contributed by atoms with E-state index in [-0.39, 0.29) is 50.5 Å². The van der Waals surface area contributed by atoms with Crippen LogP contribution in [0, 0.1) is 11.6 Å². The van der Waals surface area contributed by atoms with Gasteiger partial charge in [-0.1, -0.05) is 170 Å². The third kappa shape index (κ3) is 15.6. The number of aromatic nitrogens is 14. The summed E-state index contributed by atoms with van der Waals surface area (Å²) >= 11 is 0. The van der Waals surface area contributed by atoms with Gasteiger partial charge in [-0.25, -0.2) is 28.7 Å². The van der Waals surface area contributed by atoms with E-state index in [0.717, 1.165) is 96.4 Å². The standard InChI is InChI=1S/C23H13F5N4.C23H15F3N4.C22H14F3N5.C21H15N5/c24-12-9-15-21(17(25)10-12)31-32-22(15)30-20-11-19(29-18-8-4-2-6-14(18)20)13-5-1-3-7-16(13)23(26,27)28;24-23(25,26)17-10-4-1-7-14(17)20-13-21(15-8-2-5-11-18(15)27-20)28-22-16-9-3-6-12-19(16)29-30-22;23-22(24,25)15-8-3-1-6-13(15)18-12-19(14-7-2-4-9-16(14)27-18)28-21-20-17(29-30-21)10-5-11-26-20;1-2-7-14(8-3-1)18-13-19(15-9-4-5-10-16(15)23-18)24-21-20-17(25-26-21)11-6-12-22-20/h1-11H,(H2,29,30,31,32);1-13H,(H2,27,28,29,30);1-12H,(H2,27,28,29,30);1-13H,(H2,23,24,25,26). The third-order valence-corrected chi connectivity index (χ3v) is 19.2. The molecule has 0 radical (unpaired) electrons. The second-order valence-electron chi connectivity index (χ2n) is 26.7. The Morgan fingerprint density at radius 2 is 0.593 bits per heavy atom. The monoisotopic (exact) mass is 1590 g/mol. The summed E-state index contributed by atoms with van der Waals surface area (Å²) in [5.41, 5.74) is 9.32. The van der Waals surface area contributed by atoms with Gasteiger partial charge in [-0.05, 0) is 109 Å².